The van der Waals surface area contributed by atoms with Crippen LogP contribution in [0.25, 0.3) is 0 Å². The Kier molecular flexibility index (Phi) is 5.12. The highest BCUT2D eigenvalue weighted by molar-refractivity contribution is 7.89. The first kappa shape index (κ1) is 14.9. The summed E-state index contributed by atoms with van der Waals surface area (Å²) in [6, 6.07) is 0.164. The van der Waals surface area contributed by atoms with E-state index in [-0.39, 0.29) is 18.3 Å². The number of halogens is 1. The number of nitrogens with zero attached hydrogens (tertiary/aromatic N) is 3. The summed E-state index contributed by atoms with van der Waals surface area (Å²) in [4.78, 5) is 7.78. The van der Waals surface area contributed by atoms with Gasteiger partial charge in [-0.3, -0.25) is 0 Å². The van der Waals surface area contributed by atoms with Gasteiger partial charge in [-0.15, -0.1) is 0 Å². The number of methoxy groups -OCH3 is 1. The molecule has 1 aromatic rings. The van der Waals surface area contributed by atoms with Crippen LogP contribution in [0, 0.1) is 0 Å². The van der Waals surface area contributed by atoms with E-state index in [9.17, 15) is 8.42 Å². The molecule has 0 saturated carbocycles. The highest BCUT2D eigenvalue weighted by atomic mass is 35.5. The van der Waals surface area contributed by atoms with E-state index in [1.165, 1.54) is 27.4 Å². The van der Waals surface area contributed by atoms with Crippen molar-refractivity contribution in [3.63, 3.8) is 0 Å². The zero-order valence-corrected chi connectivity index (χ0v) is 11.9. The lowest BCUT2D eigenvalue weighted by Gasteiger charge is -2.12. The van der Waals surface area contributed by atoms with Crippen LogP contribution in [0.5, 0.6) is 6.01 Å². The van der Waals surface area contributed by atoms with Crippen LogP contribution in [0.2, 0.25) is 5.02 Å². The minimum atomic E-state index is -3.24. The molecule has 18 heavy (non-hydrogen) atoms. The molecular formula is C9H15ClN4O3S. The fourth-order valence-electron chi connectivity index (χ4n) is 1.05. The van der Waals surface area contributed by atoms with Gasteiger partial charge in [0.05, 0.1) is 19.1 Å². The lowest BCUT2D eigenvalue weighted by molar-refractivity contribution is 0.380. The van der Waals surface area contributed by atoms with Crippen molar-refractivity contribution >= 4 is 27.4 Å². The third-order valence-electron chi connectivity index (χ3n) is 2.11. The number of hydrogen-bond acceptors (Lipinski definition) is 6. The highest BCUT2D eigenvalue weighted by Crippen LogP contribution is 2.19. The van der Waals surface area contributed by atoms with Crippen molar-refractivity contribution in [2.75, 3.05) is 38.8 Å². The fourth-order valence-corrected chi connectivity index (χ4v) is 1.94. The first-order valence-electron chi connectivity index (χ1n) is 5.07. The Morgan fingerprint density at radius 2 is 2.17 bits per heavy atom. The molecule has 1 aromatic heterocycles. The van der Waals surface area contributed by atoms with Crippen molar-refractivity contribution in [1.29, 1.82) is 0 Å². The Labute approximate surface area is 111 Å². The van der Waals surface area contributed by atoms with Gasteiger partial charge in [0.1, 0.15) is 5.02 Å². The molecule has 0 aromatic carbocycles. The van der Waals surface area contributed by atoms with E-state index in [0.717, 1.165) is 4.31 Å². The van der Waals surface area contributed by atoms with Crippen molar-refractivity contribution in [3.8, 4) is 6.01 Å². The van der Waals surface area contributed by atoms with Crippen LogP contribution in [0.4, 0.5) is 5.82 Å². The Morgan fingerprint density at radius 3 is 2.72 bits per heavy atom. The molecule has 9 heteroatoms. The van der Waals surface area contributed by atoms with Crippen molar-refractivity contribution in [2.24, 2.45) is 0 Å². The van der Waals surface area contributed by atoms with Crippen LogP contribution in [0.15, 0.2) is 6.20 Å². The Bertz CT molecular complexity index is 507. The predicted octanol–water partition coefficient (Wildman–Crippen LogP) is 0.442. The quantitative estimate of drug-likeness (QED) is 0.819. The molecule has 0 aliphatic heterocycles. The van der Waals surface area contributed by atoms with E-state index in [0.29, 0.717) is 10.8 Å². The second-order valence-corrected chi connectivity index (χ2v) is 6.29. The van der Waals surface area contributed by atoms with Crippen LogP contribution in [0.3, 0.4) is 0 Å². The van der Waals surface area contributed by atoms with Crippen LogP contribution in [-0.4, -0.2) is 56.2 Å². The zero-order chi connectivity index (χ0) is 13.8. The first-order chi connectivity index (χ1) is 8.36. The smallest absolute Gasteiger partial charge is 0.318 e. The first-order valence-corrected chi connectivity index (χ1v) is 7.06. The molecule has 0 amide bonds. The van der Waals surface area contributed by atoms with E-state index in [1.54, 1.807) is 0 Å². The monoisotopic (exact) mass is 294 g/mol. The Morgan fingerprint density at radius 1 is 1.50 bits per heavy atom. The van der Waals surface area contributed by atoms with E-state index in [4.69, 9.17) is 16.3 Å². The lowest BCUT2D eigenvalue weighted by atomic mass is 10.5. The molecule has 0 aliphatic rings. The molecule has 0 atom stereocenters. The van der Waals surface area contributed by atoms with Crippen LogP contribution < -0.4 is 10.1 Å². The Balaban J connectivity index is 2.64. The van der Waals surface area contributed by atoms with Gasteiger partial charge in [-0.05, 0) is 0 Å². The van der Waals surface area contributed by atoms with Crippen LogP contribution >= 0.6 is 11.6 Å². The zero-order valence-electron chi connectivity index (χ0n) is 10.3. The number of hydrogen-bond donors (Lipinski definition) is 1. The summed E-state index contributed by atoms with van der Waals surface area (Å²) < 4.78 is 29.1. The molecule has 0 bridgehead atoms. The minimum absolute atomic E-state index is 0.0529. The number of ether oxygens (including phenoxy) is 1. The van der Waals surface area contributed by atoms with Gasteiger partial charge in [-0.25, -0.2) is 17.7 Å². The van der Waals surface area contributed by atoms with Gasteiger partial charge in [-0.2, -0.15) is 4.98 Å². The van der Waals surface area contributed by atoms with E-state index >= 15 is 0 Å². The summed E-state index contributed by atoms with van der Waals surface area (Å²) in [5, 5.41) is 3.13. The number of rotatable bonds is 6. The Hall–Kier alpha value is -1.12. The second kappa shape index (κ2) is 6.17. The summed E-state index contributed by atoms with van der Waals surface area (Å²) in [6.45, 7) is 0.195. The van der Waals surface area contributed by atoms with Crippen LogP contribution in [0.1, 0.15) is 0 Å². The molecule has 0 radical (unpaired) electrons. The molecular weight excluding hydrogens is 280 g/mol. The minimum Gasteiger partial charge on any atom is -0.467 e. The summed E-state index contributed by atoms with van der Waals surface area (Å²) in [6.07, 6.45) is 1.39. The fraction of sp³-hybridized carbons (Fsp3) is 0.556. The molecule has 0 spiro atoms. The normalized spacial score (nSPS) is 11.6. The average molecular weight is 295 g/mol. The summed E-state index contributed by atoms with van der Waals surface area (Å²) in [5.41, 5.74) is 0. The summed E-state index contributed by atoms with van der Waals surface area (Å²) >= 11 is 5.86. The van der Waals surface area contributed by atoms with Crippen molar-refractivity contribution < 1.29 is 13.2 Å². The van der Waals surface area contributed by atoms with Crippen LogP contribution in [-0.2, 0) is 10.0 Å². The number of aromatic nitrogens is 2. The SMILES string of the molecule is COc1ncc(Cl)c(NCCS(=O)(=O)N(C)C)n1. The molecule has 7 nitrogen and oxygen atoms in total. The maximum atomic E-state index is 11.5. The maximum absolute atomic E-state index is 11.5. The molecule has 0 unspecified atom stereocenters. The molecule has 1 heterocycles. The third-order valence-corrected chi connectivity index (χ3v) is 4.22. The van der Waals surface area contributed by atoms with Gasteiger partial charge in [0, 0.05) is 20.6 Å². The topological polar surface area (TPSA) is 84.4 Å². The van der Waals surface area contributed by atoms with Gasteiger partial charge in [0.2, 0.25) is 10.0 Å². The van der Waals surface area contributed by atoms with Gasteiger partial charge in [0.15, 0.2) is 5.82 Å². The number of nitrogens with one attached hydrogen (secondary N) is 1. The largest absolute Gasteiger partial charge is 0.467 e. The highest BCUT2D eigenvalue weighted by Gasteiger charge is 2.13. The molecule has 0 fully saturated rings. The van der Waals surface area contributed by atoms with Crippen molar-refractivity contribution in [3.05, 3.63) is 11.2 Å². The third kappa shape index (κ3) is 3.97. The molecule has 1 rings (SSSR count). The molecule has 1 N–H and O–H groups in total. The second-order valence-electron chi connectivity index (χ2n) is 3.58. The van der Waals surface area contributed by atoms with Crippen molar-refractivity contribution in [2.45, 2.75) is 0 Å². The van der Waals surface area contributed by atoms with E-state index in [1.807, 2.05) is 0 Å². The molecule has 102 valence electrons. The molecule has 0 saturated heterocycles. The summed E-state index contributed by atoms with van der Waals surface area (Å²) in [5.74, 6) is 0.292. The van der Waals surface area contributed by atoms with Gasteiger partial charge in [-0.1, -0.05) is 11.6 Å². The average Bonchev–Trinajstić information content (AvgIpc) is 2.31. The number of sulfonamides is 1. The van der Waals surface area contributed by atoms with E-state index in [2.05, 4.69) is 15.3 Å². The molecule has 0 aliphatic carbocycles. The van der Waals surface area contributed by atoms with Gasteiger partial charge in [0.25, 0.3) is 0 Å². The predicted molar refractivity (Wildman–Crippen MR) is 69.6 cm³/mol. The standard InChI is InChI=1S/C9H15ClN4O3S/c1-14(2)18(15,16)5-4-11-8-7(10)6-12-9(13-8)17-3/h6H,4-5H2,1-3H3,(H,11,12,13). The van der Waals surface area contributed by atoms with Gasteiger partial charge < -0.3 is 10.1 Å². The lowest BCUT2D eigenvalue weighted by Crippen LogP contribution is -2.28. The van der Waals surface area contributed by atoms with Gasteiger partial charge >= 0.3 is 6.01 Å². The number of anilines is 1. The van der Waals surface area contributed by atoms with Crippen molar-refractivity contribution in [1.82, 2.24) is 14.3 Å². The van der Waals surface area contributed by atoms with E-state index < -0.39 is 10.0 Å². The maximum Gasteiger partial charge on any atom is 0.318 e. The summed E-state index contributed by atoms with van der Waals surface area (Å²) in [7, 11) is 1.15.